The molecule has 2 heteroatoms. The van der Waals surface area contributed by atoms with Crippen molar-refractivity contribution in [2.75, 3.05) is 0 Å². The second-order valence-corrected chi connectivity index (χ2v) is 3.79. The Morgan fingerprint density at radius 1 is 1.00 bits per heavy atom. The first-order chi connectivity index (χ1) is 6.47. The summed E-state index contributed by atoms with van der Waals surface area (Å²) in [5, 5.41) is 0. The molecule has 2 radical (unpaired) electrons. The van der Waals surface area contributed by atoms with E-state index in [-0.39, 0.29) is 34.1 Å². The van der Waals surface area contributed by atoms with Crippen molar-refractivity contribution in [3.8, 4) is 0 Å². The Bertz CT molecular complexity index is 162. The first-order valence-electron chi connectivity index (χ1n) is 5.71. The molecule has 0 saturated carbocycles. The van der Waals surface area contributed by atoms with Gasteiger partial charge in [-0.05, 0) is 25.7 Å². The van der Waals surface area contributed by atoms with Gasteiger partial charge in [0.15, 0.2) is 0 Å². The molecule has 14 heavy (non-hydrogen) atoms. The molecule has 0 unspecified atom stereocenters. The first kappa shape index (κ1) is 14.9. The van der Waals surface area contributed by atoms with E-state index in [4.69, 9.17) is 0 Å². The molecule has 0 aromatic heterocycles. The van der Waals surface area contributed by atoms with Gasteiger partial charge in [0.25, 0.3) is 0 Å². The van der Waals surface area contributed by atoms with Crippen LogP contribution in [-0.4, -0.2) is 7.28 Å². The molecule has 1 aliphatic carbocycles. The van der Waals surface area contributed by atoms with Gasteiger partial charge in [0.2, 0.25) is 0 Å². The normalized spacial score (nSPS) is 20.4. The number of hydrogen-bond acceptors (Lipinski definition) is 0. The summed E-state index contributed by atoms with van der Waals surface area (Å²) in [6.07, 6.45) is 11.3. The Labute approximate surface area is 117 Å². The van der Waals surface area contributed by atoms with Crippen molar-refractivity contribution in [2.24, 2.45) is 0 Å². The summed E-state index contributed by atoms with van der Waals surface area (Å²) in [6.45, 7) is 5.00. The Balaban J connectivity index is 0. The topological polar surface area (TPSA) is 0 Å². The van der Waals surface area contributed by atoms with Crippen LogP contribution < -0.4 is 0 Å². The summed E-state index contributed by atoms with van der Waals surface area (Å²) in [5.41, 5.74) is 3.53. The number of rotatable bonds is 0. The van der Waals surface area contributed by atoms with Crippen molar-refractivity contribution in [3.05, 3.63) is 18.0 Å². The molecule has 0 atom stereocenters. The van der Waals surface area contributed by atoms with E-state index in [1.807, 2.05) is 0 Å². The van der Waals surface area contributed by atoms with Crippen LogP contribution in [0, 0.1) is 6.92 Å². The molecule has 0 saturated heterocycles. The SMILES string of the molecule is [B]1CCCCC2=C1CCCC2.[CH2-]C.[HH].[Y]. The van der Waals surface area contributed by atoms with Crippen molar-refractivity contribution >= 4 is 7.28 Å². The maximum absolute atomic E-state index is 3.25. The molecule has 0 N–H and O–H groups in total. The van der Waals surface area contributed by atoms with Gasteiger partial charge in [0.05, 0.1) is 0 Å². The molecule has 2 aliphatic rings. The molecule has 0 aromatic carbocycles. The third-order valence-corrected chi connectivity index (χ3v) is 2.95. The maximum atomic E-state index is 3.25. The van der Waals surface area contributed by atoms with E-state index in [0.29, 0.717) is 0 Å². The predicted molar refractivity (Wildman–Crippen MR) is 63.1 cm³/mol. The standard InChI is InChI=1S/C10H16B.C2H5.Y.H2/c1-2-7-10-9(5-1)6-3-4-8-11-10;1-2;;/h1-8H2;1H2,2H3;;1H/q;-1;;. The fourth-order valence-electron chi connectivity index (χ4n) is 2.28. The van der Waals surface area contributed by atoms with Crippen LogP contribution in [0.3, 0.4) is 0 Å². The molecule has 0 amide bonds. The summed E-state index contributed by atoms with van der Waals surface area (Å²) in [7, 11) is 2.50. The van der Waals surface area contributed by atoms with E-state index >= 15 is 0 Å². The van der Waals surface area contributed by atoms with Gasteiger partial charge in [-0.1, -0.05) is 31.2 Å². The number of hydrogen-bond donors (Lipinski definition) is 0. The van der Waals surface area contributed by atoms with Gasteiger partial charge >= 0.3 is 0 Å². The minimum Gasteiger partial charge on any atom is -0.346 e. The Hall–Kier alpha value is 0.909. The molecule has 78 valence electrons. The van der Waals surface area contributed by atoms with Crippen LogP contribution in [0.25, 0.3) is 0 Å². The molecule has 0 spiro atoms. The third-order valence-electron chi connectivity index (χ3n) is 2.95. The van der Waals surface area contributed by atoms with Gasteiger partial charge in [0, 0.05) is 34.1 Å². The zero-order valence-corrected chi connectivity index (χ0v) is 12.4. The number of allylic oxidation sites excluding steroid dienone is 2. The smallest absolute Gasteiger partial charge is 0.145 e. The summed E-state index contributed by atoms with van der Waals surface area (Å²) in [6, 6.07) is 0. The van der Waals surface area contributed by atoms with Crippen LogP contribution in [0.1, 0.15) is 53.3 Å². The zero-order chi connectivity index (χ0) is 9.52. The molecule has 2 rings (SSSR count). The Kier molecular flexibility index (Phi) is 9.75. The van der Waals surface area contributed by atoms with E-state index in [1.54, 1.807) is 18.0 Å². The predicted octanol–water partition coefficient (Wildman–Crippen LogP) is 4.20. The molecule has 0 aromatic rings. The van der Waals surface area contributed by atoms with Gasteiger partial charge in [-0.25, -0.2) is 0 Å². The van der Waals surface area contributed by atoms with Crippen molar-refractivity contribution in [2.45, 2.75) is 58.2 Å². The second-order valence-electron chi connectivity index (χ2n) is 3.79. The van der Waals surface area contributed by atoms with Crippen LogP contribution >= 0.6 is 0 Å². The minimum atomic E-state index is 0. The summed E-state index contributed by atoms with van der Waals surface area (Å²) in [4.78, 5) is 0. The molecule has 1 heterocycles. The van der Waals surface area contributed by atoms with Crippen LogP contribution in [0.5, 0.6) is 0 Å². The monoisotopic (exact) mass is 267 g/mol. The molecule has 0 fully saturated rings. The van der Waals surface area contributed by atoms with Crippen LogP contribution in [0.15, 0.2) is 11.0 Å². The van der Waals surface area contributed by atoms with E-state index in [0.717, 1.165) is 0 Å². The van der Waals surface area contributed by atoms with Gasteiger partial charge in [-0.15, -0.1) is 5.47 Å². The quantitative estimate of drug-likeness (QED) is 0.455. The van der Waals surface area contributed by atoms with Crippen LogP contribution in [0.4, 0.5) is 0 Å². The summed E-state index contributed by atoms with van der Waals surface area (Å²) >= 11 is 0. The maximum Gasteiger partial charge on any atom is 0.145 e. The van der Waals surface area contributed by atoms with E-state index in [1.165, 1.54) is 51.3 Å². The Morgan fingerprint density at radius 3 is 2.29 bits per heavy atom. The van der Waals surface area contributed by atoms with Gasteiger partial charge in [-0.2, -0.15) is 6.92 Å². The molecular weight excluding hydrogens is 244 g/mol. The van der Waals surface area contributed by atoms with E-state index < -0.39 is 0 Å². The van der Waals surface area contributed by atoms with Crippen LogP contribution in [-0.2, 0) is 32.7 Å². The second kappa shape index (κ2) is 9.16. The molecular formula is C12H23BY-. The van der Waals surface area contributed by atoms with Crippen molar-refractivity contribution in [1.29, 1.82) is 0 Å². The largest absolute Gasteiger partial charge is 0.346 e. The molecule has 0 bridgehead atoms. The van der Waals surface area contributed by atoms with Crippen molar-refractivity contribution < 1.29 is 34.1 Å². The van der Waals surface area contributed by atoms with Gasteiger partial charge in [0.1, 0.15) is 7.28 Å². The Morgan fingerprint density at radius 2 is 1.57 bits per heavy atom. The minimum absolute atomic E-state index is 0. The molecule has 1 aliphatic heterocycles. The average molecular weight is 267 g/mol. The van der Waals surface area contributed by atoms with Gasteiger partial charge < -0.3 is 6.92 Å². The first-order valence-corrected chi connectivity index (χ1v) is 5.71. The summed E-state index contributed by atoms with van der Waals surface area (Å²) < 4.78 is 0. The van der Waals surface area contributed by atoms with Crippen molar-refractivity contribution in [3.63, 3.8) is 0 Å². The van der Waals surface area contributed by atoms with Crippen LogP contribution in [0.2, 0.25) is 6.32 Å². The molecule has 0 nitrogen and oxygen atoms in total. The third kappa shape index (κ3) is 4.62. The van der Waals surface area contributed by atoms with E-state index in [9.17, 15) is 0 Å². The van der Waals surface area contributed by atoms with Crippen molar-refractivity contribution in [1.82, 2.24) is 0 Å². The fourth-order valence-corrected chi connectivity index (χ4v) is 2.28. The summed E-state index contributed by atoms with van der Waals surface area (Å²) in [5.74, 6) is 0. The fraction of sp³-hybridized carbons (Fsp3) is 0.750. The zero-order valence-electron chi connectivity index (χ0n) is 9.52. The average Bonchev–Trinajstić information content (AvgIpc) is 2.45. The van der Waals surface area contributed by atoms with E-state index in [2.05, 4.69) is 14.2 Å². The van der Waals surface area contributed by atoms with Gasteiger partial charge in [-0.3, -0.25) is 0 Å².